The van der Waals surface area contributed by atoms with Crippen LogP contribution in [0.5, 0.6) is 0 Å². The summed E-state index contributed by atoms with van der Waals surface area (Å²) >= 11 is 0. The molecule has 0 aliphatic rings. The summed E-state index contributed by atoms with van der Waals surface area (Å²) in [6.07, 6.45) is 14.4. The number of hydrogen-bond acceptors (Lipinski definition) is 16. The summed E-state index contributed by atoms with van der Waals surface area (Å²) < 4.78 is 51.9. The van der Waals surface area contributed by atoms with Gasteiger partial charge in [-0.1, -0.05) is 387 Å². The minimum absolute atomic E-state index is 0.476. The Morgan fingerprint density at radius 3 is 0.493 bits per heavy atom. The molecule has 16 nitrogen and oxygen atoms in total. The van der Waals surface area contributed by atoms with Gasteiger partial charge in [-0.15, -0.1) is 0 Å². The molecule has 30 aromatic rings. The molecule has 150 heavy (non-hydrogen) atoms. The van der Waals surface area contributed by atoms with E-state index in [1.807, 2.05) is 255 Å². The van der Waals surface area contributed by atoms with Crippen LogP contribution in [0.2, 0.25) is 0 Å². The molecule has 22 aromatic carbocycles. The minimum atomic E-state index is 0.476. The van der Waals surface area contributed by atoms with Crippen molar-refractivity contribution < 1.29 is 35.3 Å². The van der Waals surface area contributed by atoms with Crippen LogP contribution in [-0.2, 0) is 0 Å². The molecule has 0 aliphatic heterocycles. The Balaban J connectivity index is 0.000000111. The monoisotopic (exact) mass is 1930 g/mol. The van der Waals surface area contributed by atoms with E-state index in [-0.39, 0.29) is 0 Å². The van der Waals surface area contributed by atoms with E-state index < -0.39 is 0 Å². The van der Waals surface area contributed by atoms with Gasteiger partial charge in [-0.05, 0) is 169 Å². The quantitative estimate of drug-likeness (QED) is 0.0732. The Morgan fingerprint density at radius 2 is 0.293 bits per heavy atom. The predicted molar refractivity (Wildman–Crippen MR) is 598 cm³/mol. The van der Waals surface area contributed by atoms with Crippen LogP contribution in [0.3, 0.4) is 0 Å². The van der Waals surface area contributed by atoms with E-state index >= 15 is 0 Å². The maximum absolute atomic E-state index is 6.58. The van der Waals surface area contributed by atoms with Crippen LogP contribution in [0.25, 0.3) is 301 Å². The van der Waals surface area contributed by atoms with E-state index in [1.54, 1.807) is 37.2 Å². The van der Waals surface area contributed by atoms with Crippen molar-refractivity contribution in [1.29, 1.82) is 0 Å². The summed E-state index contributed by atoms with van der Waals surface area (Å²) in [4.78, 5) is 38.5. The Morgan fingerprint density at radius 1 is 0.133 bits per heavy atom. The summed E-state index contributed by atoms with van der Waals surface area (Å²) in [6, 6.07) is 141. The van der Waals surface area contributed by atoms with Crippen molar-refractivity contribution >= 4 is 97.0 Å². The zero-order chi connectivity index (χ0) is 99.4. The predicted octanol–water partition coefficient (Wildman–Crippen LogP) is 36.3. The summed E-state index contributed by atoms with van der Waals surface area (Å²) in [6.45, 7) is 4.24. The number of aromatic nitrogens is 8. The van der Waals surface area contributed by atoms with Crippen molar-refractivity contribution in [2.75, 3.05) is 0 Å². The number of aryl methyl sites for hydroxylation is 2. The normalized spacial score (nSPS) is 11.7. The lowest BCUT2D eigenvalue weighted by Gasteiger charge is -2.20. The van der Waals surface area contributed by atoms with Gasteiger partial charge in [-0.3, -0.25) is 0 Å². The molecule has 0 spiro atoms. The SMILES string of the molecule is Cc1ccc(-c2cc(-c3ncc(-c4ccccc4)o3)c3ccc4c(-c5ccc(C)cc5)cc(-c5ncc(-c6ccccc6)o5)c5ccc2c3c45)cc1.c1ccc(-c2cnc(-c3cc(-c4ncc(-c5ccccc5)o4)c4ccc5c(-c6ncc(-c7ccccc7)o6)cc(-c6ncc(-c7ccccc7)o6)c6ccc3c4c65)o2)cc1.c1ccc(-c2cnc(-c3ccc4ccc5c(-c6ncc(-c7ccccc7)o6)ccc6ccc3c4c65)o2)cc1. The van der Waals surface area contributed by atoms with Crippen molar-refractivity contribution in [3.63, 3.8) is 0 Å². The topological polar surface area (TPSA) is 208 Å². The fraction of sp³-hybridized carbons (Fsp3) is 0.0149. The maximum atomic E-state index is 6.58. The van der Waals surface area contributed by atoms with E-state index in [4.69, 9.17) is 65.2 Å². The molecule has 706 valence electrons. The lowest BCUT2D eigenvalue weighted by molar-refractivity contribution is 0.586. The van der Waals surface area contributed by atoms with E-state index in [1.165, 1.54) is 43.4 Å². The average molecular weight is 1930 g/mol. The molecule has 30 rings (SSSR count). The Hall–Kier alpha value is -20.4. The molecule has 16 heteroatoms. The molecule has 0 amide bonds. The molecule has 8 heterocycles. The van der Waals surface area contributed by atoms with Gasteiger partial charge in [0.2, 0.25) is 47.1 Å². The number of nitrogens with zero attached hydrogens (tertiary/aromatic N) is 8. The van der Waals surface area contributed by atoms with Crippen molar-refractivity contribution in [3.8, 4) is 204 Å². The highest BCUT2D eigenvalue weighted by Crippen LogP contribution is 2.54. The van der Waals surface area contributed by atoms with Crippen LogP contribution < -0.4 is 0 Å². The van der Waals surface area contributed by atoms with Crippen LogP contribution in [0.15, 0.2) is 497 Å². The zero-order valence-corrected chi connectivity index (χ0v) is 80.7. The van der Waals surface area contributed by atoms with Crippen molar-refractivity contribution in [2.45, 2.75) is 13.8 Å². The van der Waals surface area contributed by atoms with Gasteiger partial charge < -0.3 is 35.3 Å². The molecule has 0 saturated heterocycles. The first-order valence-corrected chi connectivity index (χ1v) is 49.7. The largest absolute Gasteiger partial charge is 0.436 e. The van der Waals surface area contributed by atoms with Crippen molar-refractivity contribution in [2.24, 2.45) is 0 Å². The van der Waals surface area contributed by atoms with Crippen molar-refractivity contribution in [3.05, 3.63) is 473 Å². The highest BCUT2D eigenvalue weighted by Gasteiger charge is 2.31. The standard InChI is InChI=1S/C52H30N4O4.C48H32N2O2.C34H20N2O2/c1-5-13-31(14-6-1)43-27-53-49(57-43)39-25-40(50-54-28-44(58-50)32-15-7-2-8-16-32)36-23-24-38-42(52-56-30-46(60-52)34-19-11-4-12-20-34)26-41(37-22-21-35(39)47(36)48(37)38)51-55-29-45(59-51)33-17-9-3-10-18-33;1-29-13-17-31(18-14-29)39-25-41(47-49-27-43(51-47)33-9-5-3-6-10-33)37-24-22-36-40(32-19-15-30(2)16-20-32)26-42(38-23-21-35(39)45(37)46(36)38)48-50-28-44(52-48)34-11-7-4-8-12-34;1-3-7-21(8-4-1)29-19-35-33(37-29)27-17-13-23-12-16-26-28(18-14-24-11-15-25(27)31(23)32(24)26)34-36-20-30(38-34)22-9-5-2-6-10-22/h1-30H;3-28H,1-2H3;1-20H. The Kier molecular flexibility index (Phi) is 21.3. The van der Waals surface area contributed by atoms with Crippen LogP contribution in [-0.4, -0.2) is 39.9 Å². The van der Waals surface area contributed by atoms with Gasteiger partial charge in [0.15, 0.2) is 46.1 Å². The first kappa shape index (κ1) is 87.4. The third kappa shape index (κ3) is 15.5. The molecule has 0 bridgehead atoms. The van der Waals surface area contributed by atoms with Crippen LogP contribution >= 0.6 is 0 Å². The first-order valence-electron chi connectivity index (χ1n) is 49.7. The fourth-order valence-corrected chi connectivity index (χ4v) is 21.2. The van der Waals surface area contributed by atoms with Crippen LogP contribution in [0.4, 0.5) is 0 Å². The smallest absolute Gasteiger partial charge is 0.227 e. The van der Waals surface area contributed by atoms with E-state index in [0.717, 1.165) is 199 Å². The van der Waals surface area contributed by atoms with Gasteiger partial charge in [0.1, 0.15) is 0 Å². The zero-order valence-electron chi connectivity index (χ0n) is 80.7. The van der Waals surface area contributed by atoms with E-state index in [2.05, 4.69) is 194 Å². The third-order valence-corrected chi connectivity index (χ3v) is 28.5. The molecule has 0 fully saturated rings. The molecular formula is C134H82N8O8. The average Bonchev–Trinajstić information content (AvgIpc) is 1.21. The Bertz CT molecular complexity index is 9460. The van der Waals surface area contributed by atoms with E-state index in [9.17, 15) is 0 Å². The van der Waals surface area contributed by atoms with Crippen LogP contribution in [0, 0.1) is 13.8 Å². The summed E-state index contributed by atoms with van der Waals surface area (Å²) in [7, 11) is 0. The third-order valence-electron chi connectivity index (χ3n) is 28.5. The van der Waals surface area contributed by atoms with Gasteiger partial charge in [0, 0.05) is 89.0 Å². The Labute approximate surface area is 857 Å². The summed E-state index contributed by atoms with van der Waals surface area (Å²) in [5.41, 5.74) is 21.7. The second-order valence-electron chi connectivity index (χ2n) is 37.6. The lowest BCUT2D eigenvalue weighted by Crippen LogP contribution is -1.94. The lowest BCUT2D eigenvalue weighted by atomic mass is 9.83. The highest BCUT2D eigenvalue weighted by atomic mass is 16.4. The summed E-state index contributed by atoms with van der Waals surface area (Å²) in [5, 5.41) is 19.5. The molecule has 0 N–H and O–H groups in total. The van der Waals surface area contributed by atoms with Crippen LogP contribution in [0.1, 0.15) is 11.1 Å². The number of benzene rings is 22. The first-order chi connectivity index (χ1) is 74.1. The second-order valence-corrected chi connectivity index (χ2v) is 37.6. The van der Waals surface area contributed by atoms with Gasteiger partial charge in [0.05, 0.1) is 49.6 Å². The minimum Gasteiger partial charge on any atom is -0.436 e. The summed E-state index contributed by atoms with van der Waals surface area (Å²) in [5.74, 6) is 9.96. The second kappa shape index (κ2) is 36.5. The number of hydrogen-bond donors (Lipinski definition) is 0. The molecular weight excluding hydrogens is 1850 g/mol. The fourth-order valence-electron chi connectivity index (χ4n) is 21.2. The van der Waals surface area contributed by atoms with E-state index in [0.29, 0.717) is 70.2 Å². The number of rotatable bonds is 18. The van der Waals surface area contributed by atoms with Gasteiger partial charge in [-0.2, -0.15) is 0 Å². The molecule has 0 atom stereocenters. The molecule has 0 radical (unpaired) electrons. The molecule has 0 aliphatic carbocycles. The number of oxazole rings is 8. The molecule has 8 aromatic heterocycles. The molecule has 0 saturated carbocycles. The highest BCUT2D eigenvalue weighted by molar-refractivity contribution is 6.34. The van der Waals surface area contributed by atoms with Gasteiger partial charge >= 0.3 is 0 Å². The van der Waals surface area contributed by atoms with Crippen molar-refractivity contribution in [1.82, 2.24) is 39.9 Å². The van der Waals surface area contributed by atoms with Gasteiger partial charge in [0.25, 0.3) is 0 Å². The molecule has 0 unspecified atom stereocenters. The maximum Gasteiger partial charge on any atom is 0.227 e. The van der Waals surface area contributed by atoms with Gasteiger partial charge in [-0.25, -0.2) is 39.9 Å².